The van der Waals surface area contributed by atoms with Crippen LogP contribution in [-0.4, -0.2) is 20.7 Å². The Bertz CT molecular complexity index is 791. The Balaban J connectivity index is 1.87. The lowest BCUT2D eigenvalue weighted by atomic mass is 10.2. The average molecular weight is 292 g/mol. The Morgan fingerprint density at radius 2 is 1.73 bits per heavy atom. The number of nitrogens with zero attached hydrogens (tertiary/aromatic N) is 3. The third-order valence-electron chi connectivity index (χ3n) is 3.47. The van der Waals surface area contributed by atoms with E-state index in [1.165, 1.54) is 5.56 Å². The second-order valence-corrected chi connectivity index (χ2v) is 5.08. The maximum Gasteiger partial charge on any atom is 0.259 e. The largest absolute Gasteiger partial charge is 0.322 e. The summed E-state index contributed by atoms with van der Waals surface area (Å²) >= 11 is 0. The van der Waals surface area contributed by atoms with E-state index >= 15 is 0 Å². The van der Waals surface area contributed by atoms with Gasteiger partial charge in [-0.3, -0.25) is 9.78 Å². The number of rotatable bonds is 3. The molecular formula is C17H16N4O. The van der Waals surface area contributed by atoms with Gasteiger partial charge >= 0.3 is 0 Å². The van der Waals surface area contributed by atoms with Crippen LogP contribution in [0.5, 0.6) is 0 Å². The average Bonchev–Trinajstić information content (AvgIpc) is 2.91. The van der Waals surface area contributed by atoms with Crippen molar-refractivity contribution >= 4 is 11.6 Å². The molecule has 0 aliphatic heterocycles. The summed E-state index contributed by atoms with van der Waals surface area (Å²) in [5.74, 6) is -0.179. The summed E-state index contributed by atoms with van der Waals surface area (Å²) in [6, 6.07) is 11.5. The zero-order chi connectivity index (χ0) is 15.5. The van der Waals surface area contributed by atoms with E-state index in [4.69, 9.17) is 0 Å². The molecule has 0 bridgehead atoms. The van der Waals surface area contributed by atoms with Crippen molar-refractivity contribution in [2.75, 3.05) is 5.32 Å². The van der Waals surface area contributed by atoms with Crippen LogP contribution >= 0.6 is 0 Å². The van der Waals surface area contributed by atoms with E-state index in [1.807, 2.05) is 38.1 Å². The van der Waals surface area contributed by atoms with Crippen molar-refractivity contribution in [1.82, 2.24) is 14.8 Å². The second-order valence-electron chi connectivity index (χ2n) is 5.08. The van der Waals surface area contributed by atoms with Gasteiger partial charge in [-0.05, 0) is 38.1 Å². The maximum atomic E-state index is 12.3. The third kappa shape index (κ3) is 2.74. The number of benzene rings is 1. The van der Waals surface area contributed by atoms with Crippen molar-refractivity contribution in [3.63, 3.8) is 0 Å². The smallest absolute Gasteiger partial charge is 0.259 e. The lowest BCUT2D eigenvalue weighted by molar-refractivity contribution is 0.102. The fraction of sp³-hybridized carbons (Fsp3) is 0.118. The molecule has 0 radical (unpaired) electrons. The molecule has 0 fully saturated rings. The van der Waals surface area contributed by atoms with Gasteiger partial charge in [-0.25, -0.2) is 4.68 Å². The number of carbonyl (C=O) groups excluding carboxylic acids is 1. The topological polar surface area (TPSA) is 59.8 Å². The third-order valence-corrected chi connectivity index (χ3v) is 3.47. The van der Waals surface area contributed by atoms with Crippen LogP contribution in [0.2, 0.25) is 0 Å². The minimum absolute atomic E-state index is 0.179. The quantitative estimate of drug-likeness (QED) is 0.806. The second kappa shape index (κ2) is 5.81. The molecule has 0 saturated carbocycles. The van der Waals surface area contributed by atoms with Crippen molar-refractivity contribution in [2.45, 2.75) is 13.8 Å². The van der Waals surface area contributed by atoms with Crippen molar-refractivity contribution < 1.29 is 4.79 Å². The Kier molecular flexibility index (Phi) is 3.70. The molecule has 1 N–H and O–H groups in total. The number of nitrogens with one attached hydrogen (secondary N) is 1. The summed E-state index contributed by atoms with van der Waals surface area (Å²) in [5.41, 5.74) is 4.19. The standard InChI is InChI=1S/C17H16N4O/c1-12-3-5-15(6-4-12)21-13(2)16(11-19-21)17(22)20-14-7-9-18-10-8-14/h3-11H,1-2H3,(H,18,20,22). The van der Waals surface area contributed by atoms with Crippen LogP contribution in [0.25, 0.3) is 5.69 Å². The molecule has 110 valence electrons. The summed E-state index contributed by atoms with van der Waals surface area (Å²) in [6.07, 6.45) is 4.86. The summed E-state index contributed by atoms with van der Waals surface area (Å²) in [6.45, 7) is 3.92. The van der Waals surface area contributed by atoms with Crippen molar-refractivity contribution in [2.24, 2.45) is 0 Å². The van der Waals surface area contributed by atoms with Crippen molar-refractivity contribution in [3.8, 4) is 5.69 Å². The molecule has 0 atom stereocenters. The van der Waals surface area contributed by atoms with Crippen LogP contribution in [0.3, 0.4) is 0 Å². The van der Waals surface area contributed by atoms with Crippen LogP contribution < -0.4 is 5.32 Å². The van der Waals surface area contributed by atoms with Gasteiger partial charge in [0, 0.05) is 18.1 Å². The van der Waals surface area contributed by atoms with Gasteiger partial charge < -0.3 is 5.32 Å². The number of aromatic nitrogens is 3. The van der Waals surface area contributed by atoms with Gasteiger partial charge in [-0.1, -0.05) is 17.7 Å². The summed E-state index contributed by atoms with van der Waals surface area (Å²) in [5, 5.41) is 7.16. The highest BCUT2D eigenvalue weighted by Crippen LogP contribution is 2.16. The first-order valence-corrected chi connectivity index (χ1v) is 6.98. The molecule has 3 aromatic rings. The minimum Gasteiger partial charge on any atom is -0.322 e. The zero-order valence-electron chi connectivity index (χ0n) is 12.4. The van der Waals surface area contributed by atoms with Crippen LogP contribution in [0.15, 0.2) is 55.0 Å². The van der Waals surface area contributed by atoms with Crippen molar-refractivity contribution in [3.05, 3.63) is 71.8 Å². The Hall–Kier alpha value is -2.95. The van der Waals surface area contributed by atoms with Gasteiger partial charge in [-0.15, -0.1) is 0 Å². The Labute approximate surface area is 128 Å². The fourth-order valence-electron chi connectivity index (χ4n) is 2.21. The summed E-state index contributed by atoms with van der Waals surface area (Å²) < 4.78 is 1.76. The molecule has 1 aromatic carbocycles. The molecule has 0 unspecified atom stereocenters. The lowest BCUT2D eigenvalue weighted by Gasteiger charge is -2.07. The Morgan fingerprint density at radius 3 is 2.41 bits per heavy atom. The first-order valence-electron chi connectivity index (χ1n) is 6.98. The number of aryl methyl sites for hydroxylation is 1. The lowest BCUT2D eigenvalue weighted by Crippen LogP contribution is -2.13. The molecule has 22 heavy (non-hydrogen) atoms. The number of carbonyl (C=O) groups is 1. The zero-order valence-corrected chi connectivity index (χ0v) is 12.4. The first kappa shape index (κ1) is 14.0. The van der Waals surface area contributed by atoms with Gasteiger partial charge in [0.2, 0.25) is 0 Å². The SMILES string of the molecule is Cc1ccc(-n2ncc(C(=O)Nc3ccncc3)c2C)cc1. The van der Waals surface area contributed by atoms with E-state index in [-0.39, 0.29) is 5.91 Å². The number of anilines is 1. The molecular weight excluding hydrogens is 276 g/mol. The fourth-order valence-corrected chi connectivity index (χ4v) is 2.21. The molecule has 2 aromatic heterocycles. The molecule has 0 aliphatic rings. The molecule has 1 amide bonds. The Morgan fingerprint density at radius 1 is 1.05 bits per heavy atom. The van der Waals surface area contributed by atoms with Crippen molar-refractivity contribution in [1.29, 1.82) is 0 Å². The number of pyridine rings is 1. The van der Waals surface area contributed by atoms with Crippen LogP contribution in [-0.2, 0) is 0 Å². The van der Waals surface area contributed by atoms with E-state index < -0.39 is 0 Å². The molecule has 0 saturated heterocycles. The monoisotopic (exact) mass is 292 g/mol. The number of amides is 1. The van der Waals surface area contributed by atoms with E-state index in [2.05, 4.69) is 15.4 Å². The first-order chi connectivity index (χ1) is 10.6. The van der Waals surface area contributed by atoms with Gasteiger partial charge in [0.25, 0.3) is 5.91 Å². The minimum atomic E-state index is -0.179. The molecule has 5 nitrogen and oxygen atoms in total. The molecule has 3 rings (SSSR count). The van der Waals surface area contributed by atoms with E-state index in [1.54, 1.807) is 35.4 Å². The van der Waals surface area contributed by atoms with Gasteiger partial charge in [0.15, 0.2) is 0 Å². The van der Waals surface area contributed by atoms with Crippen LogP contribution in [0.4, 0.5) is 5.69 Å². The van der Waals surface area contributed by atoms with E-state index in [9.17, 15) is 4.79 Å². The van der Waals surface area contributed by atoms with Gasteiger partial charge in [0.05, 0.1) is 23.1 Å². The van der Waals surface area contributed by atoms with E-state index in [0.717, 1.165) is 11.4 Å². The summed E-state index contributed by atoms with van der Waals surface area (Å²) in [7, 11) is 0. The highest BCUT2D eigenvalue weighted by atomic mass is 16.1. The number of hydrogen-bond acceptors (Lipinski definition) is 3. The van der Waals surface area contributed by atoms with Gasteiger partial charge in [-0.2, -0.15) is 5.10 Å². The molecule has 0 aliphatic carbocycles. The molecule has 2 heterocycles. The predicted molar refractivity (Wildman–Crippen MR) is 85.2 cm³/mol. The normalized spacial score (nSPS) is 10.5. The van der Waals surface area contributed by atoms with Crippen LogP contribution in [0, 0.1) is 13.8 Å². The van der Waals surface area contributed by atoms with Gasteiger partial charge in [0.1, 0.15) is 0 Å². The maximum absolute atomic E-state index is 12.3. The van der Waals surface area contributed by atoms with E-state index in [0.29, 0.717) is 11.3 Å². The highest BCUT2D eigenvalue weighted by molar-refractivity contribution is 6.04. The predicted octanol–water partition coefficient (Wildman–Crippen LogP) is 3.14. The molecule has 0 spiro atoms. The van der Waals surface area contributed by atoms with Crippen LogP contribution in [0.1, 0.15) is 21.6 Å². The highest BCUT2D eigenvalue weighted by Gasteiger charge is 2.15. The summed E-state index contributed by atoms with van der Waals surface area (Å²) in [4.78, 5) is 16.3. The number of hydrogen-bond donors (Lipinski definition) is 1. The molecule has 5 heteroatoms.